The van der Waals surface area contributed by atoms with E-state index in [1.54, 1.807) is 6.20 Å². The molecule has 1 saturated heterocycles. The van der Waals surface area contributed by atoms with Crippen molar-refractivity contribution >= 4 is 17.5 Å². The molecule has 1 fully saturated rings. The molecule has 3 rings (SSSR count). The molecule has 1 atom stereocenters. The van der Waals surface area contributed by atoms with Crippen LogP contribution in [0.25, 0.3) is 0 Å². The number of nitrogens with one attached hydrogen (secondary N) is 2. The van der Waals surface area contributed by atoms with E-state index in [0.29, 0.717) is 6.54 Å². The largest absolute Gasteiger partial charge is 0.369 e. The monoisotopic (exact) mass is 339 g/mol. The smallest absolute Gasteiger partial charge is 0.315 e. The number of carbonyl (C=O) groups excluding carboxylic acids is 1. The number of anilines is 2. The molecule has 1 aromatic carbocycles. The number of amides is 2. The van der Waals surface area contributed by atoms with Crippen LogP contribution >= 0.6 is 0 Å². The standard InChI is InChI=1S/C19H25N5O/c1-23(2)18-12-15(8-10-20-18)13-21-19(25)22-16-9-11-24(14-16)17-6-4-3-5-7-17/h3-8,10,12,16H,9,11,13-14H2,1-2H3,(H2,21,22,25). The van der Waals surface area contributed by atoms with Gasteiger partial charge >= 0.3 is 6.03 Å². The van der Waals surface area contributed by atoms with E-state index in [-0.39, 0.29) is 12.1 Å². The molecule has 6 nitrogen and oxygen atoms in total. The molecule has 132 valence electrons. The van der Waals surface area contributed by atoms with Gasteiger partial charge in [-0.25, -0.2) is 9.78 Å². The fourth-order valence-corrected chi connectivity index (χ4v) is 2.99. The van der Waals surface area contributed by atoms with Crippen LogP contribution in [0.15, 0.2) is 48.7 Å². The second-order valence-corrected chi connectivity index (χ2v) is 6.51. The molecule has 2 N–H and O–H groups in total. The lowest BCUT2D eigenvalue weighted by atomic mass is 10.2. The van der Waals surface area contributed by atoms with Crippen molar-refractivity contribution in [3.05, 3.63) is 54.2 Å². The van der Waals surface area contributed by atoms with Gasteiger partial charge in [-0.15, -0.1) is 0 Å². The number of para-hydroxylation sites is 1. The van der Waals surface area contributed by atoms with E-state index in [4.69, 9.17) is 0 Å². The van der Waals surface area contributed by atoms with Crippen LogP contribution in [0.5, 0.6) is 0 Å². The molecular weight excluding hydrogens is 314 g/mol. The number of urea groups is 1. The average Bonchev–Trinajstić information content (AvgIpc) is 3.09. The van der Waals surface area contributed by atoms with Gasteiger partial charge in [-0.3, -0.25) is 0 Å². The van der Waals surface area contributed by atoms with Gasteiger partial charge in [0.05, 0.1) is 0 Å². The first-order valence-electron chi connectivity index (χ1n) is 8.58. The lowest BCUT2D eigenvalue weighted by Gasteiger charge is -2.19. The Morgan fingerprint density at radius 3 is 2.84 bits per heavy atom. The van der Waals surface area contributed by atoms with E-state index in [9.17, 15) is 4.79 Å². The zero-order valence-corrected chi connectivity index (χ0v) is 14.8. The molecule has 6 heteroatoms. The number of hydrogen-bond donors (Lipinski definition) is 2. The van der Waals surface area contributed by atoms with Crippen LogP contribution < -0.4 is 20.4 Å². The predicted octanol–water partition coefficient (Wildman–Crippen LogP) is 2.23. The summed E-state index contributed by atoms with van der Waals surface area (Å²) in [5, 5.41) is 6.00. The van der Waals surface area contributed by atoms with Crippen molar-refractivity contribution in [2.75, 3.05) is 37.0 Å². The van der Waals surface area contributed by atoms with Crippen LogP contribution in [0.2, 0.25) is 0 Å². The highest BCUT2D eigenvalue weighted by molar-refractivity contribution is 5.74. The van der Waals surface area contributed by atoms with Crippen molar-refractivity contribution in [3.8, 4) is 0 Å². The molecule has 2 aromatic rings. The van der Waals surface area contributed by atoms with Crippen LogP contribution in [0.3, 0.4) is 0 Å². The molecular formula is C19H25N5O. The van der Waals surface area contributed by atoms with Gasteiger partial charge in [0.1, 0.15) is 5.82 Å². The van der Waals surface area contributed by atoms with E-state index >= 15 is 0 Å². The van der Waals surface area contributed by atoms with E-state index in [1.165, 1.54) is 5.69 Å². The first-order valence-corrected chi connectivity index (χ1v) is 8.58. The topological polar surface area (TPSA) is 60.5 Å². The Morgan fingerprint density at radius 1 is 1.28 bits per heavy atom. The third-order valence-corrected chi connectivity index (χ3v) is 4.37. The second kappa shape index (κ2) is 7.88. The van der Waals surface area contributed by atoms with Crippen molar-refractivity contribution in [2.24, 2.45) is 0 Å². The van der Waals surface area contributed by atoms with Gasteiger partial charge in [-0.05, 0) is 36.2 Å². The van der Waals surface area contributed by atoms with Gasteiger partial charge in [0.2, 0.25) is 0 Å². The van der Waals surface area contributed by atoms with E-state index < -0.39 is 0 Å². The number of aromatic nitrogens is 1. The molecule has 0 radical (unpaired) electrons. The number of rotatable bonds is 5. The number of carbonyl (C=O) groups is 1. The summed E-state index contributed by atoms with van der Waals surface area (Å²) in [6.07, 6.45) is 2.72. The minimum Gasteiger partial charge on any atom is -0.369 e. The highest BCUT2D eigenvalue weighted by Gasteiger charge is 2.23. The zero-order valence-electron chi connectivity index (χ0n) is 14.8. The highest BCUT2D eigenvalue weighted by atomic mass is 16.2. The van der Waals surface area contributed by atoms with Gasteiger partial charge in [-0.2, -0.15) is 0 Å². The van der Waals surface area contributed by atoms with Gasteiger partial charge < -0.3 is 20.4 Å². The highest BCUT2D eigenvalue weighted by Crippen LogP contribution is 2.19. The fraction of sp³-hybridized carbons (Fsp3) is 0.368. The summed E-state index contributed by atoms with van der Waals surface area (Å²) < 4.78 is 0. The zero-order chi connectivity index (χ0) is 17.6. The van der Waals surface area contributed by atoms with Gasteiger partial charge in [0.15, 0.2) is 0 Å². The SMILES string of the molecule is CN(C)c1cc(CNC(=O)NC2CCN(c3ccccc3)C2)ccn1. The Balaban J connectivity index is 1.46. The number of nitrogens with zero attached hydrogens (tertiary/aromatic N) is 3. The van der Waals surface area contributed by atoms with Crippen LogP contribution in [-0.4, -0.2) is 44.2 Å². The average molecular weight is 339 g/mol. The van der Waals surface area contributed by atoms with E-state index in [1.807, 2.05) is 49.3 Å². The maximum atomic E-state index is 12.2. The molecule has 1 aromatic heterocycles. The Morgan fingerprint density at radius 2 is 2.08 bits per heavy atom. The minimum atomic E-state index is -0.122. The Labute approximate surface area is 148 Å². The summed E-state index contributed by atoms with van der Waals surface area (Å²) in [5.41, 5.74) is 2.24. The van der Waals surface area contributed by atoms with Crippen LogP contribution in [0.4, 0.5) is 16.3 Å². The molecule has 0 spiro atoms. The second-order valence-electron chi connectivity index (χ2n) is 6.51. The molecule has 1 aliphatic rings. The third-order valence-electron chi connectivity index (χ3n) is 4.37. The van der Waals surface area contributed by atoms with E-state index in [0.717, 1.165) is 30.9 Å². The molecule has 0 aliphatic carbocycles. The minimum absolute atomic E-state index is 0.122. The van der Waals surface area contributed by atoms with Gasteiger partial charge in [0.25, 0.3) is 0 Å². The maximum absolute atomic E-state index is 12.2. The summed E-state index contributed by atoms with van der Waals surface area (Å²) in [7, 11) is 3.90. The Hall–Kier alpha value is -2.76. The lowest BCUT2D eigenvalue weighted by molar-refractivity contribution is 0.237. The number of hydrogen-bond acceptors (Lipinski definition) is 4. The van der Waals surface area contributed by atoms with Crippen molar-refractivity contribution < 1.29 is 4.79 Å². The summed E-state index contributed by atoms with van der Waals surface area (Å²) in [4.78, 5) is 20.7. The predicted molar refractivity (Wildman–Crippen MR) is 101 cm³/mol. The molecule has 0 saturated carbocycles. The summed E-state index contributed by atoms with van der Waals surface area (Å²) in [6, 6.07) is 14.3. The quantitative estimate of drug-likeness (QED) is 0.877. The molecule has 2 amide bonds. The van der Waals surface area contributed by atoms with Crippen molar-refractivity contribution in [1.82, 2.24) is 15.6 Å². The number of pyridine rings is 1. The first-order chi connectivity index (χ1) is 12.1. The van der Waals surface area contributed by atoms with Gasteiger partial charge in [0, 0.05) is 51.7 Å². The van der Waals surface area contributed by atoms with Crippen molar-refractivity contribution in [1.29, 1.82) is 0 Å². The van der Waals surface area contributed by atoms with Crippen LogP contribution in [0, 0.1) is 0 Å². The Kier molecular flexibility index (Phi) is 5.38. The normalized spacial score (nSPS) is 16.6. The third kappa shape index (κ3) is 4.62. The van der Waals surface area contributed by atoms with Crippen LogP contribution in [-0.2, 0) is 6.54 Å². The molecule has 0 bridgehead atoms. The summed E-state index contributed by atoms with van der Waals surface area (Å²) >= 11 is 0. The molecule has 1 aliphatic heterocycles. The number of benzene rings is 1. The summed E-state index contributed by atoms with van der Waals surface area (Å²) in [6.45, 7) is 2.30. The first kappa shape index (κ1) is 17.1. The van der Waals surface area contributed by atoms with Gasteiger partial charge in [-0.1, -0.05) is 18.2 Å². The molecule has 25 heavy (non-hydrogen) atoms. The van der Waals surface area contributed by atoms with Crippen molar-refractivity contribution in [3.63, 3.8) is 0 Å². The molecule has 2 heterocycles. The fourth-order valence-electron chi connectivity index (χ4n) is 2.99. The lowest BCUT2D eigenvalue weighted by Crippen LogP contribution is -2.43. The Bertz CT molecular complexity index is 704. The summed E-state index contributed by atoms with van der Waals surface area (Å²) in [5.74, 6) is 0.883. The van der Waals surface area contributed by atoms with E-state index in [2.05, 4.69) is 32.7 Å². The maximum Gasteiger partial charge on any atom is 0.315 e. The van der Waals surface area contributed by atoms with Crippen LogP contribution in [0.1, 0.15) is 12.0 Å². The van der Waals surface area contributed by atoms with Crippen molar-refractivity contribution in [2.45, 2.75) is 19.0 Å². The molecule has 1 unspecified atom stereocenters.